The number of rotatable bonds is 8. The van der Waals surface area contributed by atoms with E-state index in [0.717, 1.165) is 71.6 Å². The molecule has 0 aliphatic carbocycles. The molecule has 0 unspecified atom stereocenters. The molecular weight excluding hydrogens is 416 g/mol. The Morgan fingerprint density at radius 3 is 2.36 bits per heavy atom. The summed E-state index contributed by atoms with van der Waals surface area (Å²) in [5.74, 6) is 0.895. The van der Waals surface area contributed by atoms with E-state index in [1.165, 1.54) is 0 Å². The van der Waals surface area contributed by atoms with Crippen molar-refractivity contribution in [3.05, 3.63) is 53.0 Å². The highest BCUT2D eigenvalue weighted by atomic mass is 79.9. The fourth-order valence-corrected chi connectivity index (χ4v) is 3.47. The minimum absolute atomic E-state index is 0.684. The number of benzene rings is 2. The predicted molar refractivity (Wildman–Crippen MR) is 116 cm³/mol. The molecule has 2 heterocycles. The van der Waals surface area contributed by atoms with Crippen LogP contribution in [0.15, 0.2) is 53.0 Å². The summed E-state index contributed by atoms with van der Waals surface area (Å²) in [6, 6.07) is 16.1. The summed E-state index contributed by atoms with van der Waals surface area (Å²) < 4.78 is 8.95. The zero-order valence-electron chi connectivity index (χ0n) is 15.9. The van der Waals surface area contributed by atoms with Crippen molar-refractivity contribution in [1.82, 2.24) is 19.5 Å². The fraction of sp³-hybridized carbons (Fsp3) is 0.318. The highest BCUT2D eigenvalue weighted by molar-refractivity contribution is 9.10. The molecule has 5 nitrogen and oxygen atoms in total. The Hall–Kier alpha value is -2.31. The minimum Gasteiger partial charge on any atom is -0.381 e. The maximum absolute atomic E-state index is 5.74. The topological polar surface area (TPSA) is 52.8 Å². The van der Waals surface area contributed by atoms with Crippen LogP contribution in [-0.2, 0) is 11.3 Å². The van der Waals surface area contributed by atoms with Gasteiger partial charge in [-0.3, -0.25) is 0 Å². The van der Waals surface area contributed by atoms with Crippen molar-refractivity contribution in [2.24, 2.45) is 0 Å². The molecule has 0 bridgehead atoms. The third-order valence-electron chi connectivity index (χ3n) is 4.67. The monoisotopic (exact) mass is 438 g/mol. The summed E-state index contributed by atoms with van der Waals surface area (Å²) in [7, 11) is 0. The van der Waals surface area contributed by atoms with Gasteiger partial charge in [0.05, 0.1) is 11.0 Å². The molecule has 144 valence electrons. The van der Waals surface area contributed by atoms with Crippen LogP contribution < -0.4 is 0 Å². The van der Waals surface area contributed by atoms with Gasteiger partial charge in [-0.25, -0.2) is 15.0 Å². The van der Waals surface area contributed by atoms with Crippen LogP contribution in [0, 0.1) is 0 Å². The molecule has 4 rings (SSSR count). The third-order valence-corrected chi connectivity index (χ3v) is 5.20. The molecule has 0 saturated heterocycles. The summed E-state index contributed by atoms with van der Waals surface area (Å²) in [6.07, 6.45) is 3.17. The molecular formula is C22H23BrN4O. The Kier molecular flexibility index (Phi) is 5.98. The van der Waals surface area contributed by atoms with Crippen molar-refractivity contribution in [2.75, 3.05) is 13.2 Å². The number of aryl methyl sites for hydroxylation is 1. The Labute approximate surface area is 172 Å². The summed E-state index contributed by atoms with van der Waals surface area (Å²) in [5, 5.41) is 0. The molecule has 0 aliphatic heterocycles. The lowest BCUT2D eigenvalue weighted by Gasteiger charge is -2.09. The number of ether oxygens (including phenoxy) is 1. The number of imidazole rings is 1. The van der Waals surface area contributed by atoms with Gasteiger partial charge in [0.25, 0.3) is 0 Å². The van der Waals surface area contributed by atoms with Crippen LogP contribution in [-0.4, -0.2) is 32.7 Å². The van der Waals surface area contributed by atoms with E-state index in [4.69, 9.17) is 19.7 Å². The van der Waals surface area contributed by atoms with Gasteiger partial charge in [-0.15, -0.1) is 0 Å². The van der Waals surface area contributed by atoms with Crippen LogP contribution in [0.1, 0.15) is 26.2 Å². The predicted octanol–water partition coefficient (Wildman–Crippen LogP) is 5.62. The number of unbranched alkanes of at least 4 members (excludes halogenated alkanes) is 1. The Morgan fingerprint density at radius 2 is 1.61 bits per heavy atom. The molecule has 0 aliphatic rings. The van der Waals surface area contributed by atoms with E-state index in [2.05, 4.69) is 39.6 Å². The van der Waals surface area contributed by atoms with Crippen molar-refractivity contribution >= 4 is 38.3 Å². The smallest absolute Gasteiger partial charge is 0.198 e. The highest BCUT2D eigenvalue weighted by Crippen LogP contribution is 2.26. The largest absolute Gasteiger partial charge is 0.381 e. The van der Waals surface area contributed by atoms with E-state index in [-0.39, 0.29) is 0 Å². The lowest BCUT2D eigenvalue weighted by Crippen LogP contribution is -2.06. The number of nitrogens with zero attached hydrogens (tertiary/aromatic N) is 4. The summed E-state index contributed by atoms with van der Waals surface area (Å²) in [5.41, 5.74) is 4.32. The number of para-hydroxylation sites is 2. The summed E-state index contributed by atoms with van der Waals surface area (Å²) in [4.78, 5) is 14.4. The third kappa shape index (κ3) is 4.08. The first kappa shape index (κ1) is 19.0. The zero-order valence-corrected chi connectivity index (χ0v) is 17.5. The van der Waals surface area contributed by atoms with Crippen LogP contribution in [0.4, 0.5) is 0 Å². The molecule has 6 heteroatoms. The molecule has 0 saturated carbocycles. The van der Waals surface area contributed by atoms with E-state index in [1.807, 2.05) is 36.4 Å². The van der Waals surface area contributed by atoms with Gasteiger partial charge in [-0.1, -0.05) is 53.5 Å². The van der Waals surface area contributed by atoms with Crippen molar-refractivity contribution < 1.29 is 4.74 Å². The van der Waals surface area contributed by atoms with Crippen molar-refractivity contribution in [3.63, 3.8) is 0 Å². The Balaban J connectivity index is 1.70. The second kappa shape index (κ2) is 8.80. The maximum Gasteiger partial charge on any atom is 0.198 e. The molecule has 0 N–H and O–H groups in total. The molecule has 0 radical (unpaired) electrons. The van der Waals surface area contributed by atoms with Crippen LogP contribution >= 0.6 is 15.9 Å². The quantitative estimate of drug-likeness (QED) is 0.335. The van der Waals surface area contributed by atoms with Crippen LogP contribution in [0.25, 0.3) is 33.7 Å². The highest BCUT2D eigenvalue weighted by Gasteiger charge is 2.15. The van der Waals surface area contributed by atoms with Gasteiger partial charge in [0, 0.05) is 29.8 Å². The number of hydrogen-bond donors (Lipinski definition) is 0. The van der Waals surface area contributed by atoms with Gasteiger partial charge in [0.2, 0.25) is 0 Å². The molecule has 4 aromatic rings. The molecule has 0 spiro atoms. The lowest BCUT2D eigenvalue weighted by molar-refractivity contribution is 0.126. The first-order valence-electron chi connectivity index (χ1n) is 9.73. The van der Waals surface area contributed by atoms with Crippen LogP contribution in [0.5, 0.6) is 0 Å². The molecule has 0 atom stereocenters. The van der Waals surface area contributed by atoms with Gasteiger partial charge in [0.1, 0.15) is 5.82 Å². The van der Waals surface area contributed by atoms with Gasteiger partial charge < -0.3 is 9.30 Å². The first-order chi connectivity index (χ1) is 13.8. The Bertz CT molecular complexity index is 1080. The molecule has 2 aromatic heterocycles. The number of hydrogen-bond acceptors (Lipinski definition) is 4. The number of aromatic nitrogens is 4. The molecule has 0 fully saturated rings. The summed E-state index contributed by atoms with van der Waals surface area (Å²) >= 11 is 3.50. The standard InChI is InChI=1S/C22H23BrN4O/c1-2-3-14-28-15-6-13-27-21(16-9-11-17(23)12-10-16)26-20-22(27)25-19-8-5-4-7-18(19)24-20/h4-5,7-12H,2-3,6,13-15H2,1H3. The SMILES string of the molecule is CCCCOCCCn1c(-c2ccc(Br)cc2)nc2nc3ccccc3nc21. The fourth-order valence-electron chi connectivity index (χ4n) is 3.20. The van der Waals surface area contributed by atoms with E-state index < -0.39 is 0 Å². The van der Waals surface area contributed by atoms with E-state index in [0.29, 0.717) is 5.65 Å². The second-order valence-electron chi connectivity index (χ2n) is 6.77. The van der Waals surface area contributed by atoms with E-state index in [9.17, 15) is 0 Å². The van der Waals surface area contributed by atoms with Gasteiger partial charge in [-0.2, -0.15) is 0 Å². The van der Waals surface area contributed by atoms with E-state index in [1.54, 1.807) is 0 Å². The van der Waals surface area contributed by atoms with Crippen molar-refractivity contribution in [3.8, 4) is 11.4 Å². The lowest BCUT2D eigenvalue weighted by atomic mass is 10.2. The second-order valence-corrected chi connectivity index (χ2v) is 7.69. The van der Waals surface area contributed by atoms with E-state index >= 15 is 0 Å². The maximum atomic E-state index is 5.74. The van der Waals surface area contributed by atoms with Gasteiger partial charge in [-0.05, 0) is 37.1 Å². The molecule has 2 aromatic carbocycles. The number of halogens is 1. The van der Waals surface area contributed by atoms with Gasteiger partial charge in [0.15, 0.2) is 11.3 Å². The average molecular weight is 439 g/mol. The normalized spacial score (nSPS) is 11.5. The van der Waals surface area contributed by atoms with Crippen LogP contribution in [0.2, 0.25) is 0 Å². The molecule has 28 heavy (non-hydrogen) atoms. The van der Waals surface area contributed by atoms with Crippen molar-refractivity contribution in [2.45, 2.75) is 32.7 Å². The molecule has 0 amide bonds. The van der Waals surface area contributed by atoms with Crippen molar-refractivity contribution in [1.29, 1.82) is 0 Å². The Morgan fingerprint density at radius 1 is 0.893 bits per heavy atom. The van der Waals surface area contributed by atoms with Gasteiger partial charge >= 0.3 is 0 Å². The minimum atomic E-state index is 0.684. The number of fused-ring (bicyclic) bond motifs is 2. The van der Waals surface area contributed by atoms with Crippen LogP contribution in [0.3, 0.4) is 0 Å². The zero-order chi connectivity index (χ0) is 19.3. The average Bonchev–Trinajstić information content (AvgIpc) is 3.07. The summed E-state index contributed by atoms with van der Waals surface area (Å²) in [6.45, 7) is 4.53. The first-order valence-corrected chi connectivity index (χ1v) is 10.5.